The van der Waals surface area contributed by atoms with Crippen molar-refractivity contribution >= 4 is 17.7 Å². The lowest BCUT2D eigenvalue weighted by Crippen LogP contribution is -2.34. The summed E-state index contributed by atoms with van der Waals surface area (Å²) in [4.78, 5) is 29.5. The van der Waals surface area contributed by atoms with Crippen molar-refractivity contribution in [2.45, 2.75) is 19.3 Å². The zero-order chi connectivity index (χ0) is 19.1. The average Bonchev–Trinajstić information content (AvgIpc) is 2.85. The smallest absolute Gasteiger partial charge is 0.332 e. The molecule has 1 heterocycles. The maximum absolute atomic E-state index is 12.4. The number of nitrogens with zero attached hydrogens (tertiary/aromatic N) is 1. The molecule has 7 N–H and O–H groups in total. The Morgan fingerprint density at radius 1 is 1.40 bits per heavy atom. The van der Waals surface area contributed by atoms with Gasteiger partial charge in [-0.25, -0.2) is 4.79 Å². The first kappa shape index (κ1) is 19.8. The van der Waals surface area contributed by atoms with Crippen LogP contribution >= 0.6 is 0 Å². The molecule has 0 saturated carbocycles. The van der Waals surface area contributed by atoms with Crippen LogP contribution in [-0.4, -0.2) is 51.1 Å². The third kappa shape index (κ3) is 6.05. The summed E-state index contributed by atoms with van der Waals surface area (Å²) in [6.07, 6.45) is -0.0382. The summed E-state index contributed by atoms with van der Waals surface area (Å²) in [5.41, 5.74) is 6.52. The molecule has 0 aliphatic heterocycles. The molecule has 9 nitrogen and oxygen atoms in total. The number of amides is 1. The van der Waals surface area contributed by atoms with E-state index in [1.54, 1.807) is 6.92 Å². The van der Waals surface area contributed by atoms with Crippen LogP contribution in [0.15, 0.2) is 35.4 Å². The highest BCUT2D eigenvalue weighted by Gasteiger charge is 2.27. The summed E-state index contributed by atoms with van der Waals surface area (Å²) in [5.74, 6) is -3.36. The molecular weight excluding hydrogens is 328 g/mol. The van der Waals surface area contributed by atoms with Crippen molar-refractivity contribution in [1.82, 2.24) is 10.3 Å². The molecule has 0 aliphatic carbocycles. The number of carbonyl (C=O) groups is 2. The van der Waals surface area contributed by atoms with E-state index in [4.69, 9.17) is 10.8 Å². The molecule has 1 amide bonds. The highest BCUT2D eigenvalue weighted by atomic mass is 16.4. The molecule has 0 fully saturated rings. The van der Waals surface area contributed by atoms with Crippen molar-refractivity contribution < 1.29 is 24.9 Å². The molecule has 1 atom stereocenters. The van der Waals surface area contributed by atoms with E-state index in [2.05, 4.69) is 28.5 Å². The Bertz CT molecular complexity index is 720. The molecule has 25 heavy (non-hydrogen) atoms. The van der Waals surface area contributed by atoms with Crippen LogP contribution in [0.3, 0.4) is 0 Å². The number of aliphatic carboxylic acids is 1. The van der Waals surface area contributed by atoms with Crippen molar-refractivity contribution in [3.8, 4) is 11.8 Å². The number of H-pyrrole nitrogens is 1. The number of rotatable bonds is 9. The molecule has 1 unspecified atom stereocenters. The first-order valence-electron chi connectivity index (χ1n) is 7.34. The van der Waals surface area contributed by atoms with Gasteiger partial charge in [0.05, 0.1) is 18.3 Å². The molecule has 0 radical (unpaired) electrons. The monoisotopic (exact) mass is 350 g/mol. The number of aromatic hydroxyl groups is 2. The van der Waals surface area contributed by atoms with Crippen LogP contribution in [0.5, 0.6) is 11.8 Å². The number of carbonyl (C=O) groups excluding carboxylic acids is 1. The van der Waals surface area contributed by atoms with Crippen molar-refractivity contribution in [1.29, 1.82) is 0 Å². The topological polar surface area (TPSA) is 161 Å². The molecule has 9 heteroatoms. The van der Waals surface area contributed by atoms with Gasteiger partial charge in [-0.1, -0.05) is 18.7 Å². The highest BCUT2D eigenvalue weighted by molar-refractivity contribution is 5.93. The maximum atomic E-state index is 12.4. The zero-order valence-corrected chi connectivity index (χ0v) is 13.9. The largest absolute Gasteiger partial charge is 0.495 e. The molecule has 0 bridgehead atoms. The van der Waals surface area contributed by atoms with Crippen LogP contribution in [0.2, 0.25) is 0 Å². The van der Waals surface area contributed by atoms with Gasteiger partial charge in [0.25, 0.3) is 0 Å². The van der Waals surface area contributed by atoms with E-state index in [1.165, 1.54) is 6.07 Å². The lowest BCUT2D eigenvalue weighted by molar-refractivity contribution is -0.132. The molecule has 136 valence electrons. The molecule has 1 aromatic heterocycles. The molecular formula is C16H22N4O5. The molecule has 1 aromatic rings. The SMILES string of the molecule is C=C(C)CN=C(N)CC(C(=O)NCC(=C)C(=O)O)c1cc(O)[nH]c1O. The van der Waals surface area contributed by atoms with Gasteiger partial charge in [-0.3, -0.25) is 14.8 Å². The van der Waals surface area contributed by atoms with Crippen LogP contribution in [0.1, 0.15) is 24.8 Å². The summed E-state index contributed by atoms with van der Waals surface area (Å²) in [7, 11) is 0. The second-order valence-corrected chi connectivity index (χ2v) is 5.61. The van der Waals surface area contributed by atoms with Crippen molar-refractivity contribution in [2.24, 2.45) is 10.7 Å². The number of hydrogen-bond donors (Lipinski definition) is 6. The van der Waals surface area contributed by atoms with E-state index in [9.17, 15) is 19.8 Å². The summed E-state index contributed by atoms with van der Waals surface area (Å²) in [6.45, 7) is 8.81. The fourth-order valence-electron chi connectivity index (χ4n) is 1.96. The molecule has 0 saturated heterocycles. The lowest BCUT2D eigenvalue weighted by atomic mass is 9.96. The summed E-state index contributed by atoms with van der Waals surface area (Å²) in [6, 6.07) is 1.19. The fraction of sp³-hybridized carbons (Fsp3) is 0.312. The third-order valence-electron chi connectivity index (χ3n) is 3.25. The number of carboxylic acids is 1. The zero-order valence-electron chi connectivity index (χ0n) is 13.9. The highest BCUT2D eigenvalue weighted by Crippen LogP contribution is 2.31. The third-order valence-corrected chi connectivity index (χ3v) is 3.25. The minimum absolute atomic E-state index is 0.0382. The summed E-state index contributed by atoms with van der Waals surface area (Å²) < 4.78 is 0. The Labute approximate surface area is 144 Å². The van der Waals surface area contributed by atoms with Crippen LogP contribution in [-0.2, 0) is 9.59 Å². The first-order valence-corrected chi connectivity index (χ1v) is 7.34. The van der Waals surface area contributed by atoms with Gasteiger partial charge in [-0.15, -0.1) is 0 Å². The van der Waals surface area contributed by atoms with E-state index in [0.717, 1.165) is 5.57 Å². The molecule has 0 spiro atoms. The van der Waals surface area contributed by atoms with E-state index >= 15 is 0 Å². The van der Waals surface area contributed by atoms with Gasteiger partial charge in [0.15, 0.2) is 11.8 Å². The van der Waals surface area contributed by atoms with Crippen molar-refractivity contribution in [3.63, 3.8) is 0 Å². The number of amidine groups is 1. The Balaban J connectivity index is 2.99. The van der Waals surface area contributed by atoms with Gasteiger partial charge in [-0.2, -0.15) is 0 Å². The number of nitrogens with two attached hydrogens (primary N) is 1. The van der Waals surface area contributed by atoms with Crippen LogP contribution in [0, 0.1) is 0 Å². The summed E-state index contributed by atoms with van der Waals surface area (Å²) in [5, 5.41) is 30.5. The van der Waals surface area contributed by atoms with Crippen molar-refractivity contribution in [2.75, 3.05) is 13.1 Å². The Kier molecular flexibility index (Phi) is 6.80. The van der Waals surface area contributed by atoms with Crippen LogP contribution in [0.25, 0.3) is 0 Å². The number of hydrogen-bond acceptors (Lipinski definition) is 5. The van der Waals surface area contributed by atoms with Gasteiger partial charge < -0.3 is 26.4 Å². The molecule has 0 aliphatic rings. The number of nitrogens with one attached hydrogen (secondary N) is 2. The number of aromatic amines is 1. The van der Waals surface area contributed by atoms with Crippen LogP contribution in [0.4, 0.5) is 0 Å². The van der Waals surface area contributed by atoms with Crippen molar-refractivity contribution in [3.05, 3.63) is 35.9 Å². The predicted molar refractivity (Wildman–Crippen MR) is 92.6 cm³/mol. The van der Waals surface area contributed by atoms with Gasteiger partial charge in [0.2, 0.25) is 5.91 Å². The van der Waals surface area contributed by atoms with Gasteiger partial charge in [-0.05, 0) is 6.92 Å². The maximum Gasteiger partial charge on any atom is 0.332 e. The minimum atomic E-state index is -1.23. The number of aliphatic imine (C=N–C) groups is 1. The second-order valence-electron chi connectivity index (χ2n) is 5.61. The average molecular weight is 350 g/mol. The summed E-state index contributed by atoms with van der Waals surface area (Å²) >= 11 is 0. The number of aromatic nitrogens is 1. The van der Waals surface area contributed by atoms with Gasteiger partial charge in [0, 0.05) is 30.2 Å². The Hall–Kier alpha value is -3.23. The van der Waals surface area contributed by atoms with E-state index in [-0.39, 0.29) is 41.7 Å². The van der Waals surface area contributed by atoms with E-state index in [1.807, 2.05) is 0 Å². The molecule has 0 aromatic carbocycles. The standard InChI is InChI=1S/C16H22N4O5/c1-8(2)6-18-12(17)4-10(11-5-13(21)20-15(11)23)14(22)19-7-9(3)16(24)25/h5,10,20-21,23H,1,3-4,6-7H2,2H3,(H2,17,18)(H,19,22)(H,24,25). The second kappa shape index (κ2) is 8.57. The molecule has 1 rings (SSSR count). The minimum Gasteiger partial charge on any atom is -0.495 e. The van der Waals surface area contributed by atoms with Crippen LogP contribution < -0.4 is 11.1 Å². The fourth-order valence-corrected chi connectivity index (χ4v) is 1.96. The Morgan fingerprint density at radius 3 is 2.52 bits per heavy atom. The first-order chi connectivity index (χ1) is 11.6. The lowest BCUT2D eigenvalue weighted by Gasteiger charge is -2.16. The quantitative estimate of drug-likeness (QED) is 0.165. The van der Waals surface area contributed by atoms with Gasteiger partial charge in [0.1, 0.15) is 0 Å². The normalized spacial score (nSPS) is 12.4. The van der Waals surface area contributed by atoms with E-state index < -0.39 is 17.8 Å². The predicted octanol–water partition coefficient (Wildman–Crippen LogP) is 0.590. The van der Waals surface area contributed by atoms with E-state index in [0.29, 0.717) is 6.54 Å². The Morgan fingerprint density at radius 2 is 2.04 bits per heavy atom. The van der Waals surface area contributed by atoms with Gasteiger partial charge >= 0.3 is 5.97 Å². The number of carboxylic acid groups (broad SMARTS) is 1.